The van der Waals surface area contributed by atoms with Crippen molar-refractivity contribution < 1.29 is 19.5 Å². The third-order valence-electron chi connectivity index (χ3n) is 7.56. The van der Waals surface area contributed by atoms with Gasteiger partial charge in [0.15, 0.2) is 0 Å². The zero-order valence-corrected chi connectivity index (χ0v) is 20.9. The standard InChI is InChI=1S/C26H28ClN3O4S/c1-15-13-19-20(23(32)28-14-16-5-3-2-4-6-16)21-25(34)30(11-12-31)22(26(15,21)35-19)24(33)29-18-9-7-17(27)8-10-18/h2-10,15,19-22,31H,11-14H2,1H3,(H,28,32)(H,29,33)/t15?,19-,20+,21-,22?,26?/m0/s1. The SMILES string of the molecule is CC1C[C@@H]2SC13C(C(=O)Nc1ccc(Cl)cc1)N(CCO)C(=O)[C@@H]3[C@@H]2C(=O)NCc1ccccc1. The van der Waals surface area contributed by atoms with Crippen molar-refractivity contribution in [3.63, 3.8) is 0 Å². The van der Waals surface area contributed by atoms with E-state index in [0.717, 1.165) is 12.0 Å². The number of carbonyl (C=O) groups is 3. The maximum atomic E-state index is 13.7. The molecule has 0 radical (unpaired) electrons. The number of aliphatic hydroxyl groups is 1. The summed E-state index contributed by atoms with van der Waals surface area (Å²) in [5, 5.41) is 16.2. The number of amides is 3. The molecule has 7 nitrogen and oxygen atoms in total. The number of β-amino-alcohol motifs (C(OH)–C–C–N with tert-alkyl or cyclic N) is 1. The highest BCUT2D eigenvalue weighted by molar-refractivity contribution is 8.02. The van der Waals surface area contributed by atoms with Gasteiger partial charge in [-0.1, -0.05) is 48.9 Å². The maximum absolute atomic E-state index is 13.7. The molecular formula is C26H28ClN3O4S. The Bertz CT molecular complexity index is 1130. The van der Waals surface area contributed by atoms with Crippen molar-refractivity contribution in [2.45, 2.75) is 35.9 Å². The molecule has 9 heteroatoms. The van der Waals surface area contributed by atoms with Gasteiger partial charge in [0.25, 0.3) is 0 Å². The molecule has 3 unspecified atom stereocenters. The first-order valence-electron chi connectivity index (χ1n) is 11.8. The van der Waals surface area contributed by atoms with E-state index < -0.39 is 22.6 Å². The Kier molecular flexibility index (Phi) is 6.55. The molecule has 3 aliphatic rings. The van der Waals surface area contributed by atoms with E-state index in [1.54, 1.807) is 36.0 Å². The molecule has 2 aromatic carbocycles. The number of fused-ring (bicyclic) bond motifs is 1. The molecule has 3 fully saturated rings. The van der Waals surface area contributed by atoms with Crippen molar-refractivity contribution in [2.75, 3.05) is 18.5 Å². The Balaban J connectivity index is 1.43. The van der Waals surface area contributed by atoms with Crippen molar-refractivity contribution in [1.29, 1.82) is 0 Å². The summed E-state index contributed by atoms with van der Waals surface area (Å²) in [6.07, 6.45) is 0.759. The Morgan fingerprint density at radius 1 is 1.14 bits per heavy atom. The van der Waals surface area contributed by atoms with E-state index in [1.807, 2.05) is 30.3 Å². The number of nitrogens with one attached hydrogen (secondary N) is 2. The molecule has 1 spiro atoms. The molecule has 5 rings (SSSR count). The quantitative estimate of drug-likeness (QED) is 0.529. The predicted octanol–water partition coefficient (Wildman–Crippen LogP) is 2.92. The molecule has 0 saturated carbocycles. The van der Waals surface area contributed by atoms with E-state index in [-0.39, 0.29) is 42.0 Å². The largest absolute Gasteiger partial charge is 0.395 e. The Hall–Kier alpha value is -2.55. The molecule has 184 valence electrons. The summed E-state index contributed by atoms with van der Waals surface area (Å²) in [6, 6.07) is 15.7. The van der Waals surface area contributed by atoms with Crippen molar-refractivity contribution in [3.05, 3.63) is 65.2 Å². The van der Waals surface area contributed by atoms with E-state index in [0.29, 0.717) is 17.3 Å². The first kappa shape index (κ1) is 24.2. The number of carbonyl (C=O) groups excluding carboxylic acids is 3. The monoisotopic (exact) mass is 513 g/mol. The number of halogens is 1. The highest BCUT2D eigenvalue weighted by atomic mass is 35.5. The van der Waals surface area contributed by atoms with Gasteiger partial charge in [0.05, 0.1) is 23.2 Å². The van der Waals surface area contributed by atoms with Crippen LogP contribution in [-0.4, -0.2) is 56.9 Å². The van der Waals surface area contributed by atoms with Crippen molar-refractivity contribution in [3.8, 4) is 0 Å². The molecule has 0 aromatic heterocycles. The second-order valence-corrected chi connectivity index (χ2v) is 11.5. The van der Waals surface area contributed by atoms with Gasteiger partial charge in [-0.2, -0.15) is 0 Å². The maximum Gasteiger partial charge on any atom is 0.248 e. The second kappa shape index (κ2) is 9.48. The van der Waals surface area contributed by atoms with Crippen LogP contribution < -0.4 is 10.6 Å². The van der Waals surface area contributed by atoms with E-state index >= 15 is 0 Å². The Labute approximate surface area is 213 Å². The Morgan fingerprint density at radius 3 is 2.54 bits per heavy atom. The third kappa shape index (κ3) is 4.01. The molecule has 6 atom stereocenters. The summed E-state index contributed by atoms with van der Waals surface area (Å²) >= 11 is 7.59. The van der Waals surface area contributed by atoms with Crippen molar-refractivity contribution in [2.24, 2.45) is 17.8 Å². The van der Waals surface area contributed by atoms with Crippen molar-refractivity contribution >= 4 is 46.8 Å². The summed E-state index contributed by atoms with van der Waals surface area (Å²) in [6.45, 7) is 2.24. The number of rotatable bonds is 7. The highest BCUT2D eigenvalue weighted by Gasteiger charge is 2.75. The number of hydrogen-bond acceptors (Lipinski definition) is 5. The fraction of sp³-hybridized carbons (Fsp3) is 0.423. The van der Waals surface area contributed by atoms with E-state index in [9.17, 15) is 19.5 Å². The molecule has 2 aromatic rings. The van der Waals surface area contributed by atoms with Crippen LogP contribution in [0.5, 0.6) is 0 Å². The third-order valence-corrected chi connectivity index (χ3v) is 9.89. The summed E-state index contributed by atoms with van der Waals surface area (Å²) in [4.78, 5) is 42.3. The van der Waals surface area contributed by atoms with Gasteiger partial charge in [0.1, 0.15) is 6.04 Å². The van der Waals surface area contributed by atoms with Gasteiger partial charge < -0.3 is 20.6 Å². The summed E-state index contributed by atoms with van der Waals surface area (Å²) in [5.41, 5.74) is 1.57. The van der Waals surface area contributed by atoms with Gasteiger partial charge in [-0.3, -0.25) is 14.4 Å². The molecule has 2 bridgehead atoms. The van der Waals surface area contributed by atoms with Crippen LogP contribution in [0.4, 0.5) is 5.69 Å². The van der Waals surface area contributed by atoms with Crippen LogP contribution >= 0.6 is 23.4 Å². The minimum atomic E-state index is -0.778. The fourth-order valence-electron chi connectivity index (χ4n) is 6.11. The molecule has 35 heavy (non-hydrogen) atoms. The van der Waals surface area contributed by atoms with E-state index in [4.69, 9.17) is 11.6 Å². The van der Waals surface area contributed by atoms with Crippen LogP contribution in [0.25, 0.3) is 0 Å². The number of thioether (sulfide) groups is 1. The van der Waals surface area contributed by atoms with Gasteiger partial charge in [-0.25, -0.2) is 0 Å². The molecule has 3 aliphatic heterocycles. The zero-order chi connectivity index (χ0) is 24.7. The van der Waals surface area contributed by atoms with Crippen molar-refractivity contribution in [1.82, 2.24) is 10.2 Å². The lowest BCUT2D eigenvalue weighted by atomic mass is 9.66. The first-order chi connectivity index (χ1) is 16.9. The lowest BCUT2D eigenvalue weighted by Gasteiger charge is -2.38. The van der Waals surface area contributed by atoms with Crippen LogP contribution in [-0.2, 0) is 20.9 Å². The summed E-state index contributed by atoms with van der Waals surface area (Å²) < 4.78 is -0.720. The molecule has 3 saturated heterocycles. The molecule has 3 heterocycles. The minimum absolute atomic E-state index is 0.0307. The first-order valence-corrected chi connectivity index (χ1v) is 13.1. The van der Waals surface area contributed by atoms with E-state index in [1.165, 1.54) is 4.90 Å². The van der Waals surface area contributed by atoms with Gasteiger partial charge in [0.2, 0.25) is 17.7 Å². The molecule has 3 amide bonds. The second-order valence-electron chi connectivity index (χ2n) is 9.51. The Morgan fingerprint density at radius 2 is 1.86 bits per heavy atom. The highest BCUT2D eigenvalue weighted by Crippen LogP contribution is 2.68. The average Bonchev–Trinajstić information content (AvgIpc) is 3.44. The van der Waals surface area contributed by atoms with Crippen LogP contribution in [0.3, 0.4) is 0 Å². The number of nitrogens with zero attached hydrogens (tertiary/aromatic N) is 1. The minimum Gasteiger partial charge on any atom is -0.395 e. The normalized spacial score (nSPS) is 30.9. The number of aliphatic hydroxyl groups excluding tert-OH is 1. The number of likely N-dealkylation sites (tertiary alicyclic amines) is 1. The van der Waals surface area contributed by atoms with Gasteiger partial charge in [-0.05, 0) is 42.2 Å². The van der Waals surface area contributed by atoms with Gasteiger partial charge in [0, 0.05) is 29.0 Å². The lowest BCUT2D eigenvalue weighted by Crippen LogP contribution is -2.55. The van der Waals surface area contributed by atoms with Gasteiger partial charge >= 0.3 is 0 Å². The number of hydrogen-bond donors (Lipinski definition) is 3. The summed E-state index contributed by atoms with van der Waals surface area (Å²) in [7, 11) is 0. The topological polar surface area (TPSA) is 98.7 Å². The van der Waals surface area contributed by atoms with Crippen LogP contribution in [0.2, 0.25) is 5.02 Å². The van der Waals surface area contributed by atoms with E-state index in [2.05, 4.69) is 17.6 Å². The lowest BCUT2D eigenvalue weighted by molar-refractivity contribution is -0.140. The number of anilines is 1. The van der Waals surface area contributed by atoms with Crippen LogP contribution in [0.15, 0.2) is 54.6 Å². The smallest absolute Gasteiger partial charge is 0.248 e. The summed E-state index contributed by atoms with van der Waals surface area (Å²) in [5.74, 6) is -1.74. The number of benzene rings is 2. The zero-order valence-electron chi connectivity index (χ0n) is 19.3. The molecular weight excluding hydrogens is 486 g/mol. The molecule has 3 N–H and O–H groups in total. The predicted molar refractivity (Wildman–Crippen MR) is 136 cm³/mol. The average molecular weight is 514 g/mol. The van der Waals surface area contributed by atoms with Crippen LogP contribution in [0, 0.1) is 17.8 Å². The molecule has 0 aliphatic carbocycles. The van der Waals surface area contributed by atoms with Crippen LogP contribution in [0.1, 0.15) is 18.9 Å². The fourth-order valence-corrected chi connectivity index (χ4v) is 8.66. The van der Waals surface area contributed by atoms with Gasteiger partial charge in [-0.15, -0.1) is 11.8 Å².